The Morgan fingerprint density at radius 2 is 1.69 bits per heavy atom. The molecule has 0 radical (unpaired) electrons. The van der Waals surface area contributed by atoms with E-state index < -0.39 is 0 Å². The molecule has 2 heteroatoms. The van der Waals surface area contributed by atoms with E-state index >= 15 is 0 Å². The third-order valence-corrected chi connectivity index (χ3v) is 3.67. The minimum absolute atomic E-state index is 0.463. The highest BCUT2D eigenvalue weighted by Crippen LogP contribution is 2.20. The lowest BCUT2D eigenvalue weighted by atomic mass is 10.0. The highest BCUT2D eigenvalue weighted by Gasteiger charge is 2.14. The van der Waals surface area contributed by atoms with Crippen LogP contribution in [0.3, 0.4) is 0 Å². The molecule has 1 N–H and O–H groups in total. The number of hydrogen-bond donors (Lipinski definition) is 1. The Balaban J connectivity index is 2.70. The smallest absolute Gasteiger partial charge is 0.0320 e. The quantitative estimate of drug-likeness (QED) is 0.837. The van der Waals surface area contributed by atoms with Crippen LogP contribution in [0.15, 0.2) is 28.7 Å². The van der Waals surface area contributed by atoms with E-state index in [9.17, 15) is 0 Å². The summed E-state index contributed by atoms with van der Waals surface area (Å²) in [7, 11) is 0. The molecule has 1 aromatic carbocycles. The third kappa shape index (κ3) is 3.91. The summed E-state index contributed by atoms with van der Waals surface area (Å²) in [5.41, 5.74) is 1.37. The minimum Gasteiger partial charge on any atom is -0.307 e. The van der Waals surface area contributed by atoms with Crippen molar-refractivity contribution in [3.8, 4) is 0 Å². The first kappa shape index (κ1) is 13.7. The van der Waals surface area contributed by atoms with Crippen LogP contribution in [0.2, 0.25) is 0 Å². The minimum atomic E-state index is 0.463. The number of halogens is 1. The summed E-state index contributed by atoms with van der Waals surface area (Å²) in [6.07, 6.45) is 1.12. The van der Waals surface area contributed by atoms with Gasteiger partial charge in [-0.2, -0.15) is 0 Å². The zero-order valence-electron chi connectivity index (χ0n) is 10.6. The maximum atomic E-state index is 3.69. The van der Waals surface area contributed by atoms with Gasteiger partial charge < -0.3 is 5.32 Å². The lowest BCUT2D eigenvalue weighted by Gasteiger charge is -2.25. The molecule has 0 aromatic heterocycles. The van der Waals surface area contributed by atoms with Crippen LogP contribution in [-0.4, -0.2) is 6.04 Å². The Morgan fingerprint density at radius 3 is 2.12 bits per heavy atom. The fourth-order valence-electron chi connectivity index (χ4n) is 1.65. The van der Waals surface area contributed by atoms with E-state index in [2.05, 4.69) is 73.2 Å². The molecule has 0 heterocycles. The van der Waals surface area contributed by atoms with Crippen LogP contribution < -0.4 is 5.32 Å². The van der Waals surface area contributed by atoms with Crippen molar-refractivity contribution >= 4 is 15.9 Å². The SMILES string of the molecule is CCC(NC(C)C(C)C)c1ccc(Br)cc1. The van der Waals surface area contributed by atoms with Crippen LogP contribution in [0.25, 0.3) is 0 Å². The van der Waals surface area contributed by atoms with Crippen LogP contribution in [0.1, 0.15) is 45.7 Å². The van der Waals surface area contributed by atoms with E-state index in [1.54, 1.807) is 0 Å². The first-order valence-electron chi connectivity index (χ1n) is 6.06. The van der Waals surface area contributed by atoms with Gasteiger partial charge in [-0.25, -0.2) is 0 Å². The summed E-state index contributed by atoms with van der Waals surface area (Å²) in [5.74, 6) is 0.671. The molecule has 0 amide bonds. The fraction of sp³-hybridized carbons (Fsp3) is 0.571. The Kier molecular flexibility index (Phi) is 5.50. The van der Waals surface area contributed by atoms with E-state index in [-0.39, 0.29) is 0 Å². The number of rotatable bonds is 5. The van der Waals surface area contributed by atoms with E-state index in [1.165, 1.54) is 5.56 Å². The summed E-state index contributed by atoms with van der Waals surface area (Å²) in [6.45, 7) is 9.00. The lowest BCUT2D eigenvalue weighted by Crippen LogP contribution is -2.34. The monoisotopic (exact) mass is 283 g/mol. The zero-order chi connectivity index (χ0) is 12.1. The Hall–Kier alpha value is -0.340. The first-order chi connectivity index (χ1) is 7.54. The zero-order valence-corrected chi connectivity index (χ0v) is 12.2. The molecule has 0 saturated heterocycles. The average molecular weight is 284 g/mol. The maximum absolute atomic E-state index is 3.69. The van der Waals surface area contributed by atoms with Crippen molar-refractivity contribution in [2.45, 2.75) is 46.2 Å². The van der Waals surface area contributed by atoms with Gasteiger partial charge in [-0.3, -0.25) is 0 Å². The standard InChI is InChI=1S/C14H22BrN/c1-5-14(16-11(4)10(2)3)12-6-8-13(15)9-7-12/h6-11,14,16H,5H2,1-4H3. The van der Waals surface area contributed by atoms with Crippen molar-refractivity contribution in [3.63, 3.8) is 0 Å². The van der Waals surface area contributed by atoms with Gasteiger partial charge in [0.25, 0.3) is 0 Å². The first-order valence-corrected chi connectivity index (χ1v) is 6.85. The molecular formula is C14H22BrN. The highest BCUT2D eigenvalue weighted by atomic mass is 79.9. The number of hydrogen-bond acceptors (Lipinski definition) is 1. The maximum Gasteiger partial charge on any atom is 0.0320 e. The Morgan fingerprint density at radius 1 is 1.12 bits per heavy atom. The molecule has 0 saturated carbocycles. The van der Waals surface area contributed by atoms with Crippen LogP contribution in [0, 0.1) is 5.92 Å². The van der Waals surface area contributed by atoms with Gasteiger partial charge in [-0.05, 0) is 37.0 Å². The molecule has 0 fully saturated rings. The third-order valence-electron chi connectivity index (χ3n) is 3.14. The summed E-state index contributed by atoms with van der Waals surface area (Å²) in [6, 6.07) is 9.62. The second kappa shape index (κ2) is 6.41. The van der Waals surface area contributed by atoms with Gasteiger partial charge >= 0.3 is 0 Å². The van der Waals surface area contributed by atoms with Gasteiger partial charge in [0.2, 0.25) is 0 Å². The average Bonchev–Trinajstić information content (AvgIpc) is 2.26. The molecule has 90 valence electrons. The molecule has 0 aliphatic heterocycles. The Bertz CT molecular complexity index is 305. The summed E-state index contributed by atoms with van der Waals surface area (Å²) in [4.78, 5) is 0. The van der Waals surface area contributed by atoms with Crippen LogP contribution in [-0.2, 0) is 0 Å². The molecule has 2 unspecified atom stereocenters. The van der Waals surface area contributed by atoms with E-state index in [4.69, 9.17) is 0 Å². The Labute approximate surface area is 108 Å². The summed E-state index contributed by atoms with van der Waals surface area (Å²) >= 11 is 3.47. The molecule has 0 spiro atoms. The van der Waals surface area contributed by atoms with Gasteiger partial charge in [0.15, 0.2) is 0 Å². The molecular weight excluding hydrogens is 262 g/mol. The highest BCUT2D eigenvalue weighted by molar-refractivity contribution is 9.10. The van der Waals surface area contributed by atoms with Gasteiger partial charge in [-0.15, -0.1) is 0 Å². The summed E-state index contributed by atoms with van der Waals surface area (Å²) in [5, 5.41) is 3.69. The number of nitrogens with one attached hydrogen (secondary N) is 1. The van der Waals surface area contributed by atoms with Crippen molar-refractivity contribution in [1.82, 2.24) is 5.32 Å². The van der Waals surface area contributed by atoms with Gasteiger partial charge in [0.1, 0.15) is 0 Å². The second-order valence-electron chi connectivity index (χ2n) is 4.71. The van der Waals surface area contributed by atoms with Gasteiger partial charge in [-0.1, -0.05) is 48.8 Å². The molecule has 0 aliphatic carbocycles. The summed E-state index contributed by atoms with van der Waals surface area (Å²) < 4.78 is 1.14. The van der Waals surface area contributed by atoms with Crippen molar-refractivity contribution < 1.29 is 0 Å². The van der Waals surface area contributed by atoms with E-state index in [1.807, 2.05) is 0 Å². The predicted molar refractivity (Wildman–Crippen MR) is 74.6 cm³/mol. The molecule has 2 atom stereocenters. The van der Waals surface area contributed by atoms with Crippen LogP contribution in [0.4, 0.5) is 0 Å². The topological polar surface area (TPSA) is 12.0 Å². The van der Waals surface area contributed by atoms with Crippen LogP contribution >= 0.6 is 15.9 Å². The normalized spacial score (nSPS) is 15.1. The lowest BCUT2D eigenvalue weighted by molar-refractivity contribution is 0.370. The molecule has 0 bridgehead atoms. The van der Waals surface area contributed by atoms with Crippen molar-refractivity contribution in [2.75, 3.05) is 0 Å². The van der Waals surface area contributed by atoms with Crippen LogP contribution in [0.5, 0.6) is 0 Å². The molecule has 1 aromatic rings. The van der Waals surface area contributed by atoms with Crippen molar-refractivity contribution in [2.24, 2.45) is 5.92 Å². The largest absolute Gasteiger partial charge is 0.307 e. The molecule has 16 heavy (non-hydrogen) atoms. The second-order valence-corrected chi connectivity index (χ2v) is 5.63. The fourth-order valence-corrected chi connectivity index (χ4v) is 1.92. The van der Waals surface area contributed by atoms with Gasteiger partial charge in [0.05, 0.1) is 0 Å². The number of benzene rings is 1. The van der Waals surface area contributed by atoms with E-state index in [0.29, 0.717) is 18.0 Å². The van der Waals surface area contributed by atoms with E-state index in [0.717, 1.165) is 10.9 Å². The van der Waals surface area contributed by atoms with Crippen molar-refractivity contribution in [1.29, 1.82) is 0 Å². The van der Waals surface area contributed by atoms with Gasteiger partial charge in [0, 0.05) is 16.6 Å². The molecule has 0 aliphatic rings. The van der Waals surface area contributed by atoms with Crippen molar-refractivity contribution in [3.05, 3.63) is 34.3 Å². The predicted octanol–water partition coefficient (Wildman–Crippen LogP) is 4.53. The molecule has 1 rings (SSSR count). The molecule has 1 nitrogen and oxygen atoms in total.